The van der Waals surface area contributed by atoms with Crippen LogP contribution in [0.4, 0.5) is 4.79 Å². The number of nitriles is 1. The zero-order chi connectivity index (χ0) is 20.1. The number of rotatable bonds is 3. The van der Waals surface area contributed by atoms with Crippen LogP contribution in [0.3, 0.4) is 0 Å². The van der Waals surface area contributed by atoms with Gasteiger partial charge < -0.3 is 14.5 Å². The minimum atomic E-state index is 0.118. The predicted octanol–water partition coefficient (Wildman–Crippen LogP) is 4.72. The Kier molecular flexibility index (Phi) is 6.98. The van der Waals surface area contributed by atoms with Crippen LogP contribution in [0.2, 0.25) is 5.02 Å². The smallest absolute Gasteiger partial charge is 0.320 e. The number of urea groups is 1. The first kappa shape index (κ1) is 20.7. The lowest BCUT2D eigenvalue weighted by Crippen LogP contribution is -2.49. The van der Waals surface area contributed by atoms with Gasteiger partial charge in [-0.2, -0.15) is 5.26 Å². The van der Waals surface area contributed by atoms with Gasteiger partial charge in [-0.05, 0) is 62.8 Å². The maximum atomic E-state index is 12.9. The Morgan fingerprint density at radius 2 is 1.68 bits per heavy atom. The molecule has 3 rings (SSSR count). The van der Waals surface area contributed by atoms with Gasteiger partial charge in [-0.25, -0.2) is 4.79 Å². The van der Waals surface area contributed by atoms with Crippen molar-refractivity contribution in [2.75, 3.05) is 26.2 Å². The molecule has 0 atom stereocenters. The average Bonchev–Trinajstić information content (AvgIpc) is 2.70. The summed E-state index contributed by atoms with van der Waals surface area (Å²) in [7, 11) is 0. The first-order chi connectivity index (χ1) is 13.5. The van der Waals surface area contributed by atoms with Crippen molar-refractivity contribution in [3.63, 3.8) is 0 Å². The molecule has 1 aromatic carbocycles. The van der Waals surface area contributed by atoms with Gasteiger partial charge in [-0.1, -0.05) is 23.7 Å². The van der Waals surface area contributed by atoms with Gasteiger partial charge in [0.1, 0.15) is 0 Å². The summed E-state index contributed by atoms with van der Waals surface area (Å²) in [4.78, 5) is 16.7. The number of carbonyl (C=O) groups excluding carboxylic acids is 1. The summed E-state index contributed by atoms with van der Waals surface area (Å²) >= 11 is 5.95. The van der Waals surface area contributed by atoms with Gasteiger partial charge in [-0.3, -0.25) is 0 Å². The largest absolute Gasteiger partial charge is 0.375 e. The molecule has 0 N–H and O–H groups in total. The molecule has 28 heavy (non-hydrogen) atoms. The van der Waals surface area contributed by atoms with Gasteiger partial charge in [0, 0.05) is 31.2 Å². The molecule has 0 aromatic heterocycles. The van der Waals surface area contributed by atoms with Crippen molar-refractivity contribution in [1.29, 1.82) is 5.26 Å². The molecular weight excluding hydrogens is 374 g/mol. The molecule has 2 aliphatic heterocycles. The van der Waals surface area contributed by atoms with Crippen molar-refractivity contribution in [2.45, 2.75) is 51.7 Å². The number of ether oxygens (including phenoxy) is 1. The third-order valence-electron chi connectivity index (χ3n) is 5.41. The SMILES string of the molecule is CC(C)OC1CCN(C(=O)N2CCC(=C(C#N)c3ccc(Cl)cc3)CC2)CC1. The molecule has 2 amide bonds. The van der Waals surface area contributed by atoms with E-state index in [2.05, 4.69) is 19.9 Å². The number of hydrogen-bond acceptors (Lipinski definition) is 3. The van der Waals surface area contributed by atoms with E-state index in [0.717, 1.165) is 55.5 Å². The Labute approximate surface area is 172 Å². The van der Waals surface area contributed by atoms with Crippen LogP contribution in [0.5, 0.6) is 0 Å². The summed E-state index contributed by atoms with van der Waals surface area (Å²) in [5.74, 6) is 0. The van der Waals surface area contributed by atoms with Crippen LogP contribution in [0.25, 0.3) is 5.57 Å². The van der Waals surface area contributed by atoms with E-state index in [0.29, 0.717) is 18.1 Å². The first-order valence-electron chi connectivity index (χ1n) is 10.0. The highest BCUT2D eigenvalue weighted by atomic mass is 35.5. The molecule has 2 saturated heterocycles. The van der Waals surface area contributed by atoms with Crippen LogP contribution in [0, 0.1) is 11.3 Å². The molecule has 0 aliphatic carbocycles. The highest BCUT2D eigenvalue weighted by Crippen LogP contribution is 2.28. The minimum Gasteiger partial charge on any atom is -0.375 e. The molecule has 2 heterocycles. The zero-order valence-electron chi connectivity index (χ0n) is 16.7. The van der Waals surface area contributed by atoms with Gasteiger partial charge >= 0.3 is 6.03 Å². The molecular formula is C22H28ClN3O2. The summed E-state index contributed by atoms with van der Waals surface area (Å²) in [6, 6.07) is 9.84. The number of carbonyl (C=O) groups is 1. The second-order valence-electron chi connectivity index (χ2n) is 7.74. The maximum Gasteiger partial charge on any atom is 0.320 e. The van der Waals surface area contributed by atoms with Gasteiger partial charge in [0.2, 0.25) is 0 Å². The Morgan fingerprint density at radius 1 is 1.11 bits per heavy atom. The number of benzene rings is 1. The maximum absolute atomic E-state index is 12.9. The van der Waals surface area contributed by atoms with Crippen LogP contribution in [-0.2, 0) is 4.74 Å². The van der Waals surface area contributed by atoms with E-state index in [1.54, 1.807) is 12.1 Å². The molecule has 150 valence electrons. The molecule has 0 spiro atoms. The highest BCUT2D eigenvalue weighted by molar-refractivity contribution is 6.30. The van der Waals surface area contributed by atoms with Crippen LogP contribution in [-0.4, -0.2) is 54.2 Å². The number of amides is 2. The van der Waals surface area contributed by atoms with Crippen molar-refractivity contribution >= 4 is 23.2 Å². The Bertz CT molecular complexity index is 749. The normalized spacial score (nSPS) is 18.3. The number of likely N-dealkylation sites (tertiary alicyclic amines) is 2. The van der Waals surface area contributed by atoms with Gasteiger partial charge in [-0.15, -0.1) is 0 Å². The fourth-order valence-electron chi connectivity index (χ4n) is 3.95. The molecule has 0 radical (unpaired) electrons. The van der Waals surface area contributed by atoms with E-state index >= 15 is 0 Å². The Hall–Kier alpha value is -2.03. The lowest BCUT2D eigenvalue weighted by Gasteiger charge is -2.38. The van der Waals surface area contributed by atoms with E-state index in [9.17, 15) is 10.1 Å². The van der Waals surface area contributed by atoms with Crippen molar-refractivity contribution in [1.82, 2.24) is 9.80 Å². The first-order valence-corrected chi connectivity index (χ1v) is 10.4. The van der Waals surface area contributed by atoms with E-state index in [1.165, 1.54) is 0 Å². The van der Waals surface area contributed by atoms with Gasteiger partial charge in [0.25, 0.3) is 0 Å². The molecule has 1 aromatic rings. The fourth-order valence-corrected chi connectivity index (χ4v) is 4.08. The molecule has 2 fully saturated rings. The van der Waals surface area contributed by atoms with E-state index in [-0.39, 0.29) is 18.2 Å². The van der Waals surface area contributed by atoms with Crippen molar-refractivity contribution < 1.29 is 9.53 Å². The van der Waals surface area contributed by atoms with Crippen LogP contribution >= 0.6 is 11.6 Å². The Morgan fingerprint density at radius 3 is 2.21 bits per heavy atom. The number of allylic oxidation sites excluding steroid dienone is 1. The van der Waals surface area contributed by atoms with Crippen LogP contribution in [0.1, 0.15) is 45.1 Å². The fraction of sp³-hybridized carbons (Fsp3) is 0.545. The lowest BCUT2D eigenvalue weighted by molar-refractivity contribution is -0.0229. The molecule has 0 bridgehead atoms. The number of hydrogen-bond donors (Lipinski definition) is 0. The number of piperidine rings is 2. The summed E-state index contributed by atoms with van der Waals surface area (Å²) in [5.41, 5.74) is 2.74. The van der Waals surface area contributed by atoms with Crippen LogP contribution in [0.15, 0.2) is 29.8 Å². The van der Waals surface area contributed by atoms with Gasteiger partial charge in [0.15, 0.2) is 0 Å². The van der Waals surface area contributed by atoms with E-state index in [1.807, 2.05) is 21.9 Å². The lowest BCUT2D eigenvalue weighted by atomic mass is 9.94. The third-order valence-corrected chi connectivity index (χ3v) is 5.66. The quantitative estimate of drug-likeness (QED) is 0.688. The second kappa shape index (κ2) is 9.45. The molecule has 5 nitrogen and oxygen atoms in total. The molecule has 6 heteroatoms. The topological polar surface area (TPSA) is 56.6 Å². The van der Waals surface area contributed by atoms with Crippen molar-refractivity contribution in [3.8, 4) is 6.07 Å². The van der Waals surface area contributed by atoms with E-state index in [4.69, 9.17) is 16.3 Å². The standard InChI is InChI=1S/C22H28ClN3O2/c1-16(2)28-20-9-13-26(14-10-20)22(27)25-11-7-18(8-12-25)21(15-24)17-3-5-19(23)6-4-17/h3-6,16,20H,7-14H2,1-2H3. The molecule has 0 saturated carbocycles. The van der Waals surface area contributed by atoms with Gasteiger partial charge in [0.05, 0.1) is 23.9 Å². The number of nitrogens with zero attached hydrogens (tertiary/aromatic N) is 3. The van der Waals surface area contributed by atoms with E-state index < -0.39 is 0 Å². The third kappa shape index (κ3) is 5.06. The predicted molar refractivity (Wildman–Crippen MR) is 111 cm³/mol. The highest BCUT2D eigenvalue weighted by Gasteiger charge is 2.29. The summed E-state index contributed by atoms with van der Waals surface area (Å²) in [6.45, 7) is 6.93. The monoisotopic (exact) mass is 401 g/mol. The Balaban J connectivity index is 1.57. The summed E-state index contributed by atoms with van der Waals surface area (Å²) < 4.78 is 5.87. The minimum absolute atomic E-state index is 0.118. The second-order valence-corrected chi connectivity index (χ2v) is 8.17. The van der Waals surface area contributed by atoms with Crippen LogP contribution < -0.4 is 0 Å². The summed E-state index contributed by atoms with van der Waals surface area (Å²) in [6.07, 6.45) is 3.77. The summed E-state index contributed by atoms with van der Waals surface area (Å²) in [5, 5.41) is 10.3. The molecule has 2 aliphatic rings. The van der Waals surface area contributed by atoms with Crippen molar-refractivity contribution in [2.24, 2.45) is 0 Å². The zero-order valence-corrected chi connectivity index (χ0v) is 17.4. The molecule has 0 unspecified atom stereocenters. The average molecular weight is 402 g/mol. The number of halogens is 1. The van der Waals surface area contributed by atoms with Crippen molar-refractivity contribution in [3.05, 3.63) is 40.4 Å².